The molecule has 1 saturated heterocycles. The lowest BCUT2D eigenvalue weighted by molar-refractivity contribution is -0.146. The van der Waals surface area contributed by atoms with Crippen molar-refractivity contribution in [3.8, 4) is 11.4 Å². The van der Waals surface area contributed by atoms with Crippen molar-refractivity contribution in [2.75, 3.05) is 13.4 Å². The standard InChI is InChI=1S/C21H22F4N6O/c22-13-32-18-9-8-16(31-20(21(23,24)25)28-29-30-31)11-15(18)12-27-17-7-4-10-26-19(17)14-5-2-1-3-6-14/h1-3,5-6,8-9,11,17,19,26-27H,4,7,10,12-13H2/t17-,19-/m0/s1/i13D2,22-1. The monoisotopic (exact) mass is 451 g/mol. The quantitative estimate of drug-likeness (QED) is 0.535. The number of hydrogen-bond donors (Lipinski definition) is 2. The van der Waals surface area contributed by atoms with E-state index in [2.05, 4.69) is 26.2 Å². The smallest absolute Gasteiger partial charge is 0.453 e. The van der Waals surface area contributed by atoms with Gasteiger partial charge in [-0.2, -0.15) is 17.9 Å². The number of hydrogen-bond acceptors (Lipinski definition) is 6. The van der Waals surface area contributed by atoms with Gasteiger partial charge in [0, 0.05) is 24.2 Å². The summed E-state index contributed by atoms with van der Waals surface area (Å²) in [5, 5.41) is 16.4. The van der Waals surface area contributed by atoms with Gasteiger partial charge >= 0.3 is 6.18 Å². The minimum atomic E-state index is -4.79. The molecule has 3 aromatic rings. The molecule has 0 bridgehead atoms. The molecule has 0 aliphatic carbocycles. The number of piperidine rings is 1. The lowest BCUT2D eigenvalue weighted by Crippen LogP contribution is -2.45. The summed E-state index contributed by atoms with van der Waals surface area (Å²) >= 11 is 0. The van der Waals surface area contributed by atoms with Crippen molar-refractivity contribution in [3.05, 3.63) is 65.5 Å². The van der Waals surface area contributed by atoms with Gasteiger partial charge < -0.3 is 15.4 Å². The van der Waals surface area contributed by atoms with Gasteiger partial charge in [-0.15, -0.1) is 5.10 Å². The molecule has 0 saturated carbocycles. The van der Waals surface area contributed by atoms with Gasteiger partial charge in [-0.25, -0.2) is 4.39 Å². The zero-order valence-corrected chi connectivity index (χ0v) is 16.8. The number of alkyl halides is 4. The van der Waals surface area contributed by atoms with E-state index in [9.17, 15) is 17.6 Å². The van der Waals surface area contributed by atoms with Crippen LogP contribution in [0.1, 0.15) is 38.6 Å². The Labute approximate surface area is 184 Å². The highest BCUT2D eigenvalue weighted by atomic mass is 19.4. The van der Waals surface area contributed by atoms with E-state index < -0.39 is 18.8 Å². The summed E-state index contributed by atoms with van der Waals surface area (Å²) in [5.41, 5.74) is 1.30. The Morgan fingerprint density at radius 1 is 1.22 bits per heavy atom. The van der Waals surface area contributed by atoms with Crippen LogP contribution in [0.3, 0.4) is 0 Å². The van der Waals surface area contributed by atoms with Gasteiger partial charge in [-0.3, -0.25) is 0 Å². The Hall–Kier alpha value is -3.05. The van der Waals surface area contributed by atoms with Crippen LogP contribution in [0.4, 0.5) is 17.6 Å². The van der Waals surface area contributed by atoms with E-state index in [1.807, 2.05) is 30.3 Å². The predicted molar refractivity (Wildman–Crippen MR) is 108 cm³/mol. The van der Waals surface area contributed by atoms with Crippen molar-refractivity contribution in [3.63, 3.8) is 0 Å². The fraction of sp³-hybridized carbons (Fsp3) is 0.381. The van der Waals surface area contributed by atoms with E-state index in [-0.39, 0.29) is 35.6 Å². The molecule has 0 spiro atoms. The molecule has 2 aromatic carbocycles. The minimum Gasteiger partial charge on any atom is -0.463 e. The van der Waals surface area contributed by atoms with Gasteiger partial charge in [-0.05, 0) is 53.6 Å². The van der Waals surface area contributed by atoms with Crippen LogP contribution in [0.5, 0.6) is 5.75 Å². The van der Waals surface area contributed by atoms with Crippen LogP contribution in [-0.4, -0.2) is 39.6 Å². The molecule has 0 unspecified atom stereocenters. The highest BCUT2D eigenvalue weighted by Gasteiger charge is 2.38. The first-order chi connectivity index (χ1) is 16.1. The van der Waals surface area contributed by atoms with Gasteiger partial charge in [0.15, 0.2) is 0 Å². The average Bonchev–Trinajstić information content (AvgIpc) is 3.29. The second-order valence-electron chi connectivity index (χ2n) is 7.36. The lowest BCUT2D eigenvalue weighted by atomic mass is 9.92. The summed E-state index contributed by atoms with van der Waals surface area (Å²) in [6, 6.07) is 13.5. The minimum absolute atomic E-state index is 0.00790. The van der Waals surface area contributed by atoms with E-state index in [1.54, 1.807) is 0 Å². The van der Waals surface area contributed by atoms with Crippen LogP contribution >= 0.6 is 0 Å². The van der Waals surface area contributed by atoms with Crippen LogP contribution in [0.15, 0.2) is 48.5 Å². The molecule has 11 heteroatoms. The summed E-state index contributed by atoms with van der Waals surface area (Å²) in [6.45, 7) is -2.55. The molecule has 2 N–H and O–H groups in total. The van der Waals surface area contributed by atoms with E-state index in [0.29, 0.717) is 4.68 Å². The molecule has 1 aliphatic rings. The number of nitrogens with one attached hydrogen (secondary N) is 2. The van der Waals surface area contributed by atoms with Gasteiger partial charge in [0.05, 0.1) is 5.69 Å². The van der Waals surface area contributed by atoms with Crippen molar-refractivity contribution in [1.29, 1.82) is 0 Å². The lowest BCUT2D eigenvalue weighted by Gasteiger charge is -2.34. The van der Waals surface area contributed by atoms with E-state index in [4.69, 9.17) is 7.48 Å². The number of ether oxygens (including phenoxy) is 1. The molecule has 1 aromatic heterocycles. The van der Waals surface area contributed by atoms with Crippen molar-refractivity contribution in [2.45, 2.75) is 37.6 Å². The van der Waals surface area contributed by atoms with Crippen molar-refractivity contribution in [2.24, 2.45) is 0 Å². The normalized spacial score (nSPS) is 20.5. The maximum Gasteiger partial charge on any atom is 0.453 e. The second kappa shape index (κ2) is 9.61. The first-order valence-electron chi connectivity index (χ1n) is 11.0. The molecule has 1 fully saturated rings. The third kappa shape index (κ3) is 4.89. The molecule has 2 heterocycles. The number of benzene rings is 2. The fourth-order valence-corrected chi connectivity index (χ4v) is 3.87. The molecule has 0 amide bonds. The predicted octanol–water partition coefficient (Wildman–Crippen LogP) is 3.57. The van der Waals surface area contributed by atoms with Crippen molar-refractivity contribution in [1.82, 2.24) is 30.8 Å². The number of tetrazole rings is 1. The Kier molecular flexibility index (Phi) is 5.90. The van der Waals surface area contributed by atoms with E-state index >= 15 is 0 Å². The average molecular weight is 451 g/mol. The van der Waals surface area contributed by atoms with Crippen molar-refractivity contribution >= 4 is 0 Å². The largest absolute Gasteiger partial charge is 0.463 e. The zero-order valence-electron chi connectivity index (χ0n) is 18.8. The number of nitrogens with zero attached hydrogens (tertiary/aromatic N) is 4. The molecule has 170 valence electrons. The molecular weight excluding hydrogens is 427 g/mol. The fourth-order valence-electron chi connectivity index (χ4n) is 3.87. The van der Waals surface area contributed by atoms with E-state index in [0.717, 1.165) is 24.9 Å². The summed E-state index contributed by atoms with van der Waals surface area (Å²) < 4.78 is 72.9. The van der Waals surface area contributed by atoms with Crippen LogP contribution in [0, 0.1) is 0 Å². The molecule has 32 heavy (non-hydrogen) atoms. The number of halogens is 4. The van der Waals surface area contributed by atoms with Crippen LogP contribution in [0.2, 0.25) is 0 Å². The molecule has 1 aliphatic heterocycles. The Bertz CT molecular complexity index is 1110. The van der Waals surface area contributed by atoms with Gasteiger partial charge in [-0.1, -0.05) is 30.3 Å². The van der Waals surface area contributed by atoms with Crippen LogP contribution < -0.4 is 15.4 Å². The van der Waals surface area contributed by atoms with E-state index in [1.165, 1.54) is 18.2 Å². The van der Waals surface area contributed by atoms with Crippen LogP contribution in [0.25, 0.3) is 5.69 Å². The summed E-state index contributed by atoms with van der Waals surface area (Å²) in [6.07, 6.45) is -3.04. The topological polar surface area (TPSA) is 76.9 Å². The highest BCUT2D eigenvalue weighted by molar-refractivity contribution is 5.44. The number of aromatic nitrogens is 4. The van der Waals surface area contributed by atoms with Gasteiger partial charge in [0.1, 0.15) is 8.49 Å². The van der Waals surface area contributed by atoms with Gasteiger partial charge in [0.2, 0.25) is 6.81 Å². The summed E-state index contributed by atoms with van der Waals surface area (Å²) in [7, 11) is 0. The maximum atomic E-state index is 13.6. The Morgan fingerprint density at radius 2 is 2.03 bits per heavy atom. The number of rotatable bonds is 7. The first kappa shape index (κ1) is 19.6. The zero-order chi connectivity index (χ0) is 24.3. The maximum absolute atomic E-state index is 13.6. The summed E-state index contributed by atoms with van der Waals surface area (Å²) in [5.74, 6) is -1.47. The van der Waals surface area contributed by atoms with Crippen molar-refractivity contribution < 1.29 is 25.0 Å². The SMILES string of the molecule is [2H]C([2H])([18F])Oc1ccc(-n2nnnc2C(F)(F)F)cc1CN[C@H]1CCCN[C@H]1c1ccccc1. The third-order valence-electron chi connectivity index (χ3n) is 5.33. The molecular formula is C21H22F4N6O. The third-order valence-corrected chi connectivity index (χ3v) is 5.33. The van der Waals surface area contributed by atoms with Gasteiger partial charge in [0.25, 0.3) is 5.82 Å². The molecule has 4 rings (SSSR count). The Balaban J connectivity index is 1.62. The van der Waals surface area contributed by atoms with Crippen LogP contribution in [-0.2, 0) is 12.7 Å². The Morgan fingerprint density at radius 3 is 2.78 bits per heavy atom. The molecule has 0 radical (unpaired) electrons. The summed E-state index contributed by atoms with van der Waals surface area (Å²) in [4.78, 5) is 0. The highest BCUT2D eigenvalue weighted by Crippen LogP contribution is 2.30. The molecule has 7 nitrogen and oxygen atoms in total. The molecule has 2 atom stereocenters. The second-order valence-corrected chi connectivity index (χ2v) is 7.36. The first-order valence-corrected chi connectivity index (χ1v) is 10.0.